The molecular weight excluding hydrogens is 245 g/mol. The molecule has 0 atom stereocenters. The molecule has 2 rings (SSSR count). The molecule has 1 aliphatic rings. The number of carbonyl (C=O) groups is 1. The molecule has 5 heteroatoms. The highest BCUT2D eigenvalue weighted by Gasteiger charge is 2.31. The van der Waals surface area contributed by atoms with Gasteiger partial charge in [-0.05, 0) is 32.8 Å². The molecule has 0 radical (unpaired) electrons. The summed E-state index contributed by atoms with van der Waals surface area (Å²) in [5, 5.41) is 5.76. The van der Waals surface area contributed by atoms with Gasteiger partial charge in [-0.3, -0.25) is 4.79 Å². The van der Waals surface area contributed by atoms with Crippen molar-refractivity contribution < 1.29 is 9.18 Å². The third-order valence-corrected chi connectivity index (χ3v) is 3.60. The van der Waals surface area contributed by atoms with E-state index in [0.29, 0.717) is 6.54 Å². The lowest BCUT2D eigenvalue weighted by molar-refractivity contribution is 0.0904. The topological polar surface area (TPSA) is 54.0 Å². The number of pyridine rings is 1. The molecule has 1 saturated carbocycles. The van der Waals surface area contributed by atoms with E-state index in [0.717, 1.165) is 25.7 Å². The first-order valence-corrected chi connectivity index (χ1v) is 6.76. The minimum Gasteiger partial charge on any atom is -0.368 e. The Morgan fingerprint density at radius 1 is 1.47 bits per heavy atom. The summed E-state index contributed by atoms with van der Waals surface area (Å²) in [6, 6.07) is 1.42. The van der Waals surface area contributed by atoms with Crippen LogP contribution in [0.15, 0.2) is 12.3 Å². The van der Waals surface area contributed by atoms with Crippen LogP contribution in [0.4, 0.5) is 10.2 Å². The van der Waals surface area contributed by atoms with Gasteiger partial charge < -0.3 is 10.6 Å². The van der Waals surface area contributed by atoms with Gasteiger partial charge in [0, 0.05) is 18.3 Å². The summed E-state index contributed by atoms with van der Waals surface area (Å²) < 4.78 is 14.1. The largest absolute Gasteiger partial charge is 0.368 e. The molecular formula is C14H20FN3O. The van der Waals surface area contributed by atoms with Gasteiger partial charge in [0.2, 0.25) is 0 Å². The lowest BCUT2D eigenvalue weighted by atomic mass is 10.00. The number of nitrogens with one attached hydrogen (secondary N) is 2. The van der Waals surface area contributed by atoms with Crippen LogP contribution in [0.25, 0.3) is 0 Å². The first kappa shape index (κ1) is 13.8. The van der Waals surface area contributed by atoms with E-state index in [1.54, 1.807) is 0 Å². The molecule has 1 fully saturated rings. The number of anilines is 1. The summed E-state index contributed by atoms with van der Waals surface area (Å²) in [5.41, 5.74) is -0.149. The first-order chi connectivity index (χ1) is 9.06. The molecule has 1 aromatic rings. The number of aromatic nitrogens is 1. The Hall–Kier alpha value is -1.65. The lowest BCUT2D eigenvalue weighted by Crippen LogP contribution is -2.43. The Morgan fingerprint density at radius 2 is 2.16 bits per heavy atom. The highest BCUT2D eigenvalue weighted by molar-refractivity contribution is 5.95. The van der Waals surface area contributed by atoms with E-state index in [-0.39, 0.29) is 22.8 Å². The number of halogens is 1. The number of carbonyl (C=O) groups excluding carboxylic acids is 1. The zero-order valence-corrected chi connectivity index (χ0v) is 11.4. The summed E-state index contributed by atoms with van der Waals surface area (Å²) in [7, 11) is 0. The number of rotatable bonds is 4. The molecule has 1 aliphatic carbocycles. The van der Waals surface area contributed by atoms with E-state index in [4.69, 9.17) is 0 Å². The Labute approximate surface area is 112 Å². The van der Waals surface area contributed by atoms with Crippen LogP contribution in [0.1, 0.15) is 49.9 Å². The molecule has 0 aliphatic heterocycles. The second-order valence-corrected chi connectivity index (χ2v) is 5.27. The first-order valence-electron chi connectivity index (χ1n) is 6.76. The number of hydrogen-bond acceptors (Lipinski definition) is 3. The van der Waals surface area contributed by atoms with Crippen molar-refractivity contribution in [3.8, 4) is 0 Å². The summed E-state index contributed by atoms with van der Waals surface area (Å²) in [6.45, 7) is 4.43. The van der Waals surface area contributed by atoms with Crippen molar-refractivity contribution in [2.75, 3.05) is 11.9 Å². The lowest BCUT2D eigenvalue weighted by Gasteiger charge is -2.25. The zero-order chi connectivity index (χ0) is 13.9. The Bertz CT molecular complexity index is 470. The summed E-state index contributed by atoms with van der Waals surface area (Å²) in [6.07, 6.45) is 5.57. The Kier molecular flexibility index (Phi) is 4.02. The predicted octanol–water partition coefficient (Wildman–Crippen LogP) is 2.72. The van der Waals surface area contributed by atoms with Gasteiger partial charge in [0.1, 0.15) is 0 Å². The fraction of sp³-hybridized carbons (Fsp3) is 0.571. The monoisotopic (exact) mass is 265 g/mol. The van der Waals surface area contributed by atoms with Crippen molar-refractivity contribution in [2.45, 2.75) is 45.1 Å². The fourth-order valence-corrected chi connectivity index (χ4v) is 2.53. The smallest absolute Gasteiger partial charge is 0.254 e. The second-order valence-electron chi connectivity index (χ2n) is 5.27. The maximum absolute atomic E-state index is 14.1. The SMILES string of the molecule is CCNc1nccc(C(=O)NC2(C)CCCC2)c1F. The number of hydrogen-bond donors (Lipinski definition) is 2. The summed E-state index contributed by atoms with van der Waals surface area (Å²) >= 11 is 0. The van der Waals surface area contributed by atoms with Crippen molar-refractivity contribution in [3.63, 3.8) is 0 Å². The molecule has 19 heavy (non-hydrogen) atoms. The van der Waals surface area contributed by atoms with Crippen molar-refractivity contribution in [3.05, 3.63) is 23.6 Å². The Morgan fingerprint density at radius 3 is 2.79 bits per heavy atom. The molecule has 0 aromatic carbocycles. The molecule has 2 N–H and O–H groups in total. The molecule has 1 aromatic heterocycles. The van der Waals surface area contributed by atoms with E-state index in [2.05, 4.69) is 15.6 Å². The predicted molar refractivity (Wildman–Crippen MR) is 72.7 cm³/mol. The third-order valence-electron chi connectivity index (χ3n) is 3.60. The molecule has 0 bridgehead atoms. The van der Waals surface area contributed by atoms with Gasteiger partial charge in [-0.15, -0.1) is 0 Å². The van der Waals surface area contributed by atoms with Crippen LogP contribution in [0, 0.1) is 5.82 Å². The van der Waals surface area contributed by atoms with Crippen LogP contribution >= 0.6 is 0 Å². The fourth-order valence-electron chi connectivity index (χ4n) is 2.53. The van der Waals surface area contributed by atoms with Crippen molar-refractivity contribution >= 4 is 11.7 Å². The molecule has 1 heterocycles. The van der Waals surface area contributed by atoms with E-state index < -0.39 is 5.82 Å². The number of amides is 1. The van der Waals surface area contributed by atoms with Crippen LogP contribution < -0.4 is 10.6 Å². The van der Waals surface area contributed by atoms with Gasteiger partial charge in [0.15, 0.2) is 11.6 Å². The van der Waals surface area contributed by atoms with E-state index in [9.17, 15) is 9.18 Å². The second kappa shape index (κ2) is 5.55. The van der Waals surface area contributed by atoms with Crippen LogP contribution in [0.3, 0.4) is 0 Å². The third kappa shape index (κ3) is 3.03. The molecule has 4 nitrogen and oxygen atoms in total. The summed E-state index contributed by atoms with van der Waals surface area (Å²) in [5.74, 6) is -0.807. The average Bonchev–Trinajstić information content (AvgIpc) is 2.78. The highest BCUT2D eigenvalue weighted by Crippen LogP contribution is 2.29. The zero-order valence-electron chi connectivity index (χ0n) is 11.4. The minimum atomic E-state index is -0.580. The van der Waals surface area contributed by atoms with E-state index in [1.807, 2.05) is 13.8 Å². The highest BCUT2D eigenvalue weighted by atomic mass is 19.1. The minimum absolute atomic E-state index is 0.0547. The molecule has 0 unspecified atom stereocenters. The van der Waals surface area contributed by atoms with Crippen LogP contribution in [-0.2, 0) is 0 Å². The molecule has 0 saturated heterocycles. The van der Waals surface area contributed by atoms with Gasteiger partial charge in [-0.1, -0.05) is 12.8 Å². The van der Waals surface area contributed by atoms with Crippen LogP contribution in [0.2, 0.25) is 0 Å². The maximum atomic E-state index is 14.1. The molecule has 104 valence electrons. The van der Waals surface area contributed by atoms with Gasteiger partial charge in [0.25, 0.3) is 5.91 Å². The van der Waals surface area contributed by atoms with Gasteiger partial charge in [-0.25, -0.2) is 9.37 Å². The Balaban J connectivity index is 2.17. The maximum Gasteiger partial charge on any atom is 0.254 e. The average molecular weight is 265 g/mol. The quantitative estimate of drug-likeness (QED) is 0.880. The van der Waals surface area contributed by atoms with E-state index >= 15 is 0 Å². The van der Waals surface area contributed by atoms with Crippen molar-refractivity contribution in [1.29, 1.82) is 0 Å². The molecule has 1 amide bonds. The van der Waals surface area contributed by atoms with Gasteiger partial charge in [-0.2, -0.15) is 0 Å². The standard InChI is InChI=1S/C14H20FN3O/c1-3-16-12-11(15)10(6-9-17-12)13(19)18-14(2)7-4-5-8-14/h6,9H,3-5,7-8H2,1-2H3,(H,16,17)(H,18,19). The van der Waals surface area contributed by atoms with E-state index in [1.165, 1.54) is 12.3 Å². The molecule has 0 spiro atoms. The normalized spacial score (nSPS) is 17.2. The van der Waals surface area contributed by atoms with Gasteiger partial charge in [0.05, 0.1) is 5.56 Å². The van der Waals surface area contributed by atoms with Crippen molar-refractivity contribution in [1.82, 2.24) is 10.3 Å². The van der Waals surface area contributed by atoms with Crippen molar-refractivity contribution in [2.24, 2.45) is 0 Å². The van der Waals surface area contributed by atoms with Crippen LogP contribution in [-0.4, -0.2) is 23.0 Å². The summed E-state index contributed by atoms with van der Waals surface area (Å²) in [4.78, 5) is 16.1. The van der Waals surface area contributed by atoms with Crippen LogP contribution in [0.5, 0.6) is 0 Å². The number of nitrogens with zero attached hydrogens (tertiary/aromatic N) is 1. The van der Waals surface area contributed by atoms with Gasteiger partial charge >= 0.3 is 0 Å².